The molecule has 2 rings (SSSR count). The summed E-state index contributed by atoms with van der Waals surface area (Å²) in [4.78, 5) is 20.3. The van der Waals surface area contributed by atoms with Crippen molar-refractivity contribution in [1.29, 1.82) is 0 Å². The maximum Gasteiger partial charge on any atom is 0.326 e. The van der Waals surface area contributed by atoms with Gasteiger partial charge in [0.1, 0.15) is 17.7 Å². The Balaban J connectivity index is 2.17. The minimum Gasteiger partial charge on any atom is -0.480 e. The quantitative estimate of drug-likeness (QED) is 0.820. The number of aryl methyl sites for hydroxylation is 1. The SMILES string of the molecule is Cc1cc(N[C@H](CC(C)C)C(=O)O)nc(Cc2ccccc2)n1. The highest BCUT2D eigenvalue weighted by molar-refractivity contribution is 5.76. The second kappa shape index (κ2) is 7.72. The van der Waals surface area contributed by atoms with Gasteiger partial charge in [-0.2, -0.15) is 0 Å². The number of rotatable bonds is 7. The Labute approximate surface area is 136 Å². The van der Waals surface area contributed by atoms with Gasteiger partial charge in [0.15, 0.2) is 0 Å². The Kier molecular flexibility index (Phi) is 5.68. The molecule has 1 heterocycles. The van der Waals surface area contributed by atoms with E-state index in [-0.39, 0.29) is 5.92 Å². The van der Waals surface area contributed by atoms with E-state index in [0.29, 0.717) is 24.5 Å². The van der Waals surface area contributed by atoms with Crippen LogP contribution in [0.5, 0.6) is 0 Å². The number of hydrogen-bond donors (Lipinski definition) is 2. The van der Waals surface area contributed by atoms with Crippen LogP contribution in [0.3, 0.4) is 0 Å². The van der Waals surface area contributed by atoms with Crippen LogP contribution in [0.1, 0.15) is 37.4 Å². The second-order valence-corrected chi connectivity index (χ2v) is 6.14. The molecule has 2 aromatic rings. The third kappa shape index (κ3) is 5.36. The van der Waals surface area contributed by atoms with Gasteiger partial charge >= 0.3 is 5.97 Å². The monoisotopic (exact) mass is 313 g/mol. The second-order valence-electron chi connectivity index (χ2n) is 6.14. The standard InChI is InChI=1S/C18H23N3O2/c1-12(2)9-15(18(22)23)20-16-10-13(3)19-17(21-16)11-14-7-5-4-6-8-14/h4-8,10,12,15H,9,11H2,1-3H3,(H,22,23)(H,19,20,21)/t15-/m1/s1. The average molecular weight is 313 g/mol. The van der Waals surface area contributed by atoms with Crippen molar-refractivity contribution in [3.05, 3.63) is 53.5 Å². The van der Waals surface area contributed by atoms with Gasteiger partial charge in [0.2, 0.25) is 0 Å². The summed E-state index contributed by atoms with van der Waals surface area (Å²) in [6, 6.07) is 11.1. The van der Waals surface area contributed by atoms with Gasteiger partial charge in [-0.25, -0.2) is 14.8 Å². The zero-order chi connectivity index (χ0) is 16.8. The molecular weight excluding hydrogens is 290 g/mol. The lowest BCUT2D eigenvalue weighted by Gasteiger charge is -2.17. The molecule has 1 aromatic heterocycles. The Bertz CT molecular complexity index is 657. The highest BCUT2D eigenvalue weighted by atomic mass is 16.4. The molecule has 0 radical (unpaired) electrons. The topological polar surface area (TPSA) is 75.1 Å². The summed E-state index contributed by atoms with van der Waals surface area (Å²) in [5.41, 5.74) is 1.95. The molecule has 1 aromatic carbocycles. The van der Waals surface area contributed by atoms with Gasteiger partial charge in [0.05, 0.1) is 0 Å². The summed E-state index contributed by atoms with van der Waals surface area (Å²) in [5.74, 6) is 0.679. The first kappa shape index (κ1) is 16.9. The van der Waals surface area contributed by atoms with Gasteiger partial charge in [-0.15, -0.1) is 0 Å². The number of nitrogens with zero attached hydrogens (tertiary/aromatic N) is 2. The van der Waals surface area contributed by atoms with Gasteiger partial charge in [0, 0.05) is 18.2 Å². The van der Waals surface area contributed by atoms with Gasteiger partial charge in [-0.1, -0.05) is 44.2 Å². The van der Waals surface area contributed by atoms with E-state index in [9.17, 15) is 9.90 Å². The molecule has 0 saturated heterocycles. The minimum atomic E-state index is -0.862. The fourth-order valence-corrected chi connectivity index (χ4v) is 2.43. The molecule has 122 valence electrons. The molecule has 0 aliphatic carbocycles. The molecule has 1 atom stereocenters. The van der Waals surface area contributed by atoms with Crippen LogP contribution in [0.2, 0.25) is 0 Å². The van der Waals surface area contributed by atoms with Gasteiger partial charge in [0.25, 0.3) is 0 Å². The number of carboxylic acid groups (broad SMARTS) is 1. The van der Waals surface area contributed by atoms with E-state index in [1.165, 1.54) is 0 Å². The Morgan fingerprint density at radius 3 is 2.52 bits per heavy atom. The van der Waals surface area contributed by atoms with Crippen molar-refractivity contribution in [1.82, 2.24) is 9.97 Å². The van der Waals surface area contributed by atoms with Crippen LogP contribution < -0.4 is 5.32 Å². The van der Waals surface area contributed by atoms with Crippen molar-refractivity contribution in [2.24, 2.45) is 5.92 Å². The lowest BCUT2D eigenvalue weighted by atomic mass is 10.0. The summed E-state index contributed by atoms with van der Waals surface area (Å²) >= 11 is 0. The van der Waals surface area contributed by atoms with E-state index in [1.54, 1.807) is 6.07 Å². The Morgan fingerprint density at radius 1 is 1.22 bits per heavy atom. The number of hydrogen-bond acceptors (Lipinski definition) is 4. The molecule has 0 aliphatic heterocycles. The van der Waals surface area contributed by atoms with Crippen molar-refractivity contribution < 1.29 is 9.90 Å². The van der Waals surface area contributed by atoms with Gasteiger partial charge in [-0.05, 0) is 24.8 Å². The van der Waals surface area contributed by atoms with Crippen molar-refractivity contribution in [2.75, 3.05) is 5.32 Å². The van der Waals surface area contributed by atoms with Gasteiger partial charge < -0.3 is 10.4 Å². The molecule has 0 spiro atoms. The fourth-order valence-electron chi connectivity index (χ4n) is 2.43. The third-order valence-electron chi connectivity index (χ3n) is 3.43. The zero-order valence-corrected chi connectivity index (χ0v) is 13.8. The smallest absolute Gasteiger partial charge is 0.326 e. The normalized spacial score (nSPS) is 12.2. The first-order valence-electron chi connectivity index (χ1n) is 7.82. The number of carboxylic acids is 1. The van der Waals surface area contributed by atoms with E-state index in [1.807, 2.05) is 51.1 Å². The number of nitrogens with one attached hydrogen (secondary N) is 1. The largest absolute Gasteiger partial charge is 0.480 e. The van der Waals surface area contributed by atoms with E-state index in [4.69, 9.17) is 0 Å². The lowest BCUT2D eigenvalue weighted by Crippen LogP contribution is -2.31. The number of aliphatic carboxylic acids is 1. The highest BCUT2D eigenvalue weighted by Crippen LogP contribution is 2.14. The third-order valence-corrected chi connectivity index (χ3v) is 3.43. The van der Waals surface area contributed by atoms with E-state index < -0.39 is 12.0 Å². The summed E-state index contributed by atoms with van der Waals surface area (Å²) < 4.78 is 0. The predicted molar refractivity (Wildman–Crippen MR) is 90.5 cm³/mol. The molecule has 0 saturated carbocycles. The van der Waals surface area contributed by atoms with E-state index in [2.05, 4.69) is 15.3 Å². The zero-order valence-electron chi connectivity index (χ0n) is 13.8. The van der Waals surface area contributed by atoms with Crippen LogP contribution in [-0.4, -0.2) is 27.1 Å². The molecule has 5 nitrogen and oxygen atoms in total. The molecule has 0 unspecified atom stereocenters. The molecule has 5 heteroatoms. The number of benzene rings is 1. The Hall–Kier alpha value is -2.43. The average Bonchev–Trinajstić information content (AvgIpc) is 2.46. The van der Waals surface area contributed by atoms with Gasteiger partial charge in [-0.3, -0.25) is 0 Å². The first-order chi connectivity index (χ1) is 10.9. The summed E-state index contributed by atoms with van der Waals surface area (Å²) in [5, 5.41) is 12.4. The van der Waals surface area contributed by atoms with E-state index >= 15 is 0 Å². The maximum absolute atomic E-state index is 11.4. The number of anilines is 1. The molecule has 0 fully saturated rings. The predicted octanol–water partition coefficient (Wildman–Crippen LogP) is 3.29. The van der Waals surface area contributed by atoms with Crippen LogP contribution in [0.4, 0.5) is 5.82 Å². The van der Waals surface area contributed by atoms with Crippen molar-refractivity contribution in [3.63, 3.8) is 0 Å². The lowest BCUT2D eigenvalue weighted by molar-refractivity contribution is -0.138. The van der Waals surface area contributed by atoms with E-state index in [0.717, 1.165) is 11.3 Å². The molecular formula is C18H23N3O2. The summed E-state index contributed by atoms with van der Waals surface area (Å²) in [6.45, 7) is 5.90. The highest BCUT2D eigenvalue weighted by Gasteiger charge is 2.19. The van der Waals surface area contributed by atoms with Crippen LogP contribution in [0, 0.1) is 12.8 Å². The molecule has 0 aliphatic rings. The number of aromatic nitrogens is 2. The van der Waals surface area contributed by atoms with Crippen molar-refractivity contribution in [2.45, 2.75) is 39.7 Å². The maximum atomic E-state index is 11.4. The van der Waals surface area contributed by atoms with Crippen LogP contribution in [-0.2, 0) is 11.2 Å². The molecule has 0 bridgehead atoms. The Morgan fingerprint density at radius 2 is 1.91 bits per heavy atom. The van der Waals surface area contributed by atoms with Crippen LogP contribution in [0.25, 0.3) is 0 Å². The van der Waals surface area contributed by atoms with Crippen LogP contribution in [0.15, 0.2) is 36.4 Å². The first-order valence-corrected chi connectivity index (χ1v) is 7.82. The summed E-state index contributed by atoms with van der Waals surface area (Å²) in [7, 11) is 0. The van der Waals surface area contributed by atoms with Crippen molar-refractivity contribution in [3.8, 4) is 0 Å². The fraction of sp³-hybridized carbons (Fsp3) is 0.389. The summed E-state index contributed by atoms with van der Waals surface area (Å²) in [6.07, 6.45) is 1.17. The van der Waals surface area contributed by atoms with Crippen LogP contribution >= 0.6 is 0 Å². The molecule has 23 heavy (non-hydrogen) atoms. The van der Waals surface area contributed by atoms with Crippen molar-refractivity contribution >= 4 is 11.8 Å². The number of carbonyl (C=O) groups is 1. The molecule has 2 N–H and O–H groups in total. The molecule has 0 amide bonds. The minimum absolute atomic E-state index is 0.287.